The average molecular weight is 352 g/mol. The fraction of sp³-hybridized carbons (Fsp3) is 0.294. The highest BCUT2D eigenvalue weighted by atomic mass is 35.5. The van der Waals surface area contributed by atoms with Crippen LogP contribution in [0, 0.1) is 0 Å². The molecular formula is C17H20ClN2O2S+. The van der Waals surface area contributed by atoms with Crippen molar-refractivity contribution < 1.29 is 13.3 Å². The second-order valence-corrected chi connectivity index (χ2v) is 8.15. The van der Waals surface area contributed by atoms with Crippen LogP contribution < -0.4 is 4.90 Å². The molecule has 0 saturated carbocycles. The molecule has 1 saturated heterocycles. The van der Waals surface area contributed by atoms with Crippen LogP contribution in [0.1, 0.15) is 11.6 Å². The second-order valence-electron chi connectivity index (χ2n) is 5.88. The van der Waals surface area contributed by atoms with Crippen LogP contribution in [-0.4, -0.2) is 39.4 Å². The molecule has 1 aliphatic heterocycles. The van der Waals surface area contributed by atoms with Crippen molar-refractivity contribution in [2.45, 2.75) is 10.9 Å². The maximum atomic E-state index is 13.1. The van der Waals surface area contributed by atoms with Gasteiger partial charge >= 0.3 is 0 Å². The summed E-state index contributed by atoms with van der Waals surface area (Å²) in [5, 5.41) is 0.269. The van der Waals surface area contributed by atoms with E-state index in [4.69, 9.17) is 11.6 Å². The van der Waals surface area contributed by atoms with Crippen molar-refractivity contribution in [2.75, 3.05) is 26.7 Å². The van der Waals surface area contributed by atoms with Gasteiger partial charge in [-0.3, -0.25) is 0 Å². The first-order chi connectivity index (χ1) is 11.0. The molecule has 1 N–H and O–H groups in total. The number of quaternary nitrogens is 1. The molecule has 122 valence electrons. The van der Waals surface area contributed by atoms with Gasteiger partial charge in [-0.25, -0.2) is 8.42 Å². The first-order valence-corrected chi connectivity index (χ1v) is 9.44. The summed E-state index contributed by atoms with van der Waals surface area (Å²) in [4.78, 5) is 1.51. The predicted molar refractivity (Wildman–Crippen MR) is 91.1 cm³/mol. The van der Waals surface area contributed by atoms with Crippen molar-refractivity contribution in [3.63, 3.8) is 0 Å². The lowest BCUT2D eigenvalue weighted by atomic mass is 10.1. The lowest BCUT2D eigenvalue weighted by molar-refractivity contribution is -0.887. The van der Waals surface area contributed by atoms with Gasteiger partial charge in [0.1, 0.15) is 4.90 Å². The van der Waals surface area contributed by atoms with Crippen molar-refractivity contribution in [3.8, 4) is 0 Å². The molecule has 1 aliphatic rings. The Morgan fingerprint density at radius 1 is 1.09 bits per heavy atom. The van der Waals surface area contributed by atoms with Gasteiger partial charge < -0.3 is 4.90 Å². The van der Waals surface area contributed by atoms with Crippen molar-refractivity contribution >= 4 is 21.6 Å². The molecule has 0 spiro atoms. The minimum atomic E-state index is -3.63. The largest absolute Gasteiger partial charge is 0.335 e. The van der Waals surface area contributed by atoms with Crippen molar-refractivity contribution in [2.24, 2.45) is 0 Å². The zero-order valence-electron chi connectivity index (χ0n) is 12.9. The summed E-state index contributed by atoms with van der Waals surface area (Å²) in [6.07, 6.45) is 0. The minimum absolute atomic E-state index is 0.175. The predicted octanol–water partition coefficient (Wildman–Crippen LogP) is 1.60. The molecule has 0 aromatic heterocycles. The first kappa shape index (κ1) is 16.5. The van der Waals surface area contributed by atoms with Crippen LogP contribution in [0.15, 0.2) is 59.5 Å². The number of likely N-dealkylation sites (N-methyl/N-ethyl adjacent to an activating group) is 1. The van der Waals surface area contributed by atoms with Crippen LogP contribution >= 0.6 is 11.6 Å². The third kappa shape index (κ3) is 3.28. The van der Waals surface area contributed by atoms with E-state index in [1.165, 1.54) is 4.90 Å². The standard InChI is InChI=1S/C17H19ClN2O2S/c1-19-11-12-20(16(13-19)14-7-3-2-4-8-14)23(21,22)17-10-6-5-9-15(17)18/h2-10,16H,11-13H2,1H3/p+1/t16-/m0/s1. The molecule has 3 rings (SSSR count). The molecule has 0 aliphatic carbocycles. The number of hydrogen-bond acceptors (Lipinski definition) is 2. The van der Waals surface area contributed by atoms with Crippen LogP contribution in [0.3, 0.4) is 0 Å². The van der Waals surface area contributed by atoms with Crippen molar-refractivity contribution in [1.82, 2.24) is 4.31 Å². The summed E-state index contributed by atoms with van der Waals surface area (Å²) in [5.74, 6) is 0. The lowest BCUT2D eigenvalue weighted by Gasteiger charge is -2.37. The Bertz CT molecular complexity index is 780. The topological polar surface area (TPSA) is 41.8 Å². The third-order valence-corrected chi connectivity index (χ3v) is 6.66. The molecule has 2 atom stereocenters. The molecule has 0 radical (unpaired) electrons. The first-order valence-electron chi connectivity index (χ1n) is 7.63. The number of halogens is 1. The summed E-state index contributed by atoms with van der Waals surface area (Å²) >= 11 is 6.14. The number of sulfonamides is 1. The zero-order chi connectivity index (χ0) is 16.4. The van der Waals surface area contributed by atoms with Crippen LogP contribution in [0.4, 0.5) is 0 Å². The number of rotatable bonds is 3. The number of hydrogen-bond donors (Lipinski definition) is 1. The molecule has 0 amide bonds. The van der Waals surface area contributed by atoms with Crippen LogP contribution in [0.2, 0.25) is 5.02 Å². The highest BCUT2D eigenvalue weighted by Gasteiger charge is 2.38. The van der Waals surface area contributed by atoms with Gasteiger partial charge in [0.15, 0.2) is 0 Å². The Hall–Kier alpha value is -1.40. The van der Waals surface area contributed by atoms with Crippen LogP contribution in [0.5, 0.6) is 0 Å². The summed E-state index contributed by atoms with van der Waals surface area (Å²) in [6, 6.07) is 16.3. The molecule has 0 bridgehead atoms. The average Bonchev–Trinajstić information content (AvgIpc) is 2.55. The van der Waals surface area contributed by atoms with E-state index in [9.17, 15) is 8.42 Å². The Kier molecular flexibility index (Phi) is 4.73. The Labute approximate surface area is 142 Å². The van der Waals surface area contributed by atoms with Gasteiger partial charge in [0.05, 0.1) is 37.7 Å². The minimum Gasteiger partial charge on any atom is -0.335 e. The van der Waals surface area contributed by atoms with Gasteiger partial charge in [0.2, 0.25) is 10.0 Å². The highest BCUT2D eigenvalue weighted by Crippen LogP contribution is 2.31. The molecule has 1 heterocycles. The molecule has 4 nitrogen and oxygen atoms in total. The summed E-state index contributed by atoms with van der Waals surface area (Å²) in [7, 11) is -1.53. The van der Waals surface area contributed by atoms with Gasteiger partial charge in [-0.15, -0.1) is 0 Å². The van der Waals surface area contributed by atoms with E-state index >= 15 is 0 Å². The van der Waals surface area contributed by atoms with Gasteiger partial charge in [-0.1, -0.05) is 54.1 Å². The zero-order valence-corrected chi connectivity index (χ0v) is 14.5. The summed E-state index contributed by atoms with van der Waals surface area (Å²) in [5.41, 5.74) is 1.02. The van der Waals surface area contributed by atoms with E-state index in [2.05, 4.69) is 7.05 Å². The number of benzene rings is 2. The SMILES string of the molecule is C[NH+]1CCN(S(=O)(=O)c2ccccc2Cl)[C@H](c2ccccc2)C1. The van der Waals surface area contributed by atoms with E-state index in [0.717, 1.165) is 18.7 Å². The van der Waals surface area contributed by atoms with Crippen LogP contribution in [-0.2, 0) is 10.0 Å². The van der Waals surface area contributed by atoms with E-state index < -0.39 is 10.0 Å². The van der Waals surface area contributed by atoms with E-state index in [1.807, 2.05) is 30.3 Å². The van der Waals surface area contributed by atoms with E-state index in [-0.39, 0.29) is 16.0 Å². The highest BCUT2D eigenvalue weighted by molar-refractivity contribution is 7.89. The molecular weight excluding hydrogens is 332 g/mol. The van der Waals surface area contributed by atoms with Gasteiger partial charge in [-0.05, 0) is 17.7 Å². The van der Waals surface area contributed by atoms with E-state index in [1.54, 1.807) is 28.6 Å². The third-order valence-electron chi connectivity index (χ3n) is 4.26. The fourth-order valence-corrected chi connectivity index (χ4v) is 5.13. The summed E-state index contributed by atoms with van der Waals surface area (Å²) in [6.45, 7) is 2.01. The Balaban J connectivity index is 2.03. The fourth-order valence-electron chi connectivity index (χ4n) is 3.02. The van der Waals surface area contributed by atoms with Crippen LogP contribution in [0.25, 0.3) is 0 Å². The molecule has 1 unspecified atom stereocenters. The molecule has 2 aromatic carbocycles. The lowest BCUT2D eigenvalue weighted by Crippen LogP contribution is -3.12. The van der Waals surface area contributed by atoms with Gasteiger partial charge in [0, 0.05) is 0 Å². The normalized spacial score (nSPS) is 22.9. The quantitative estimate of drug-likeness (QED) is 0.912. The van der Waals surface area contributed by atoms with Gasteiger partial charge in [-0.2, -0.15) is 4.31 Å². The molecule has 23 heavy (non-hydrogen) atoms. The second kappa shape index (κ2) is 6.61. The number of nitrogens with zero attached hydrogens (tertiary/aromatic N) is 1. The number of nitrogens with one attached hydrogen (secondary N) is 1. The van der Waals surface area contributed by atoms with Gasteiger partial charge in [0.25, 0.3) is 0 Å². The monoisotopic (exact) mass is 351 g/mol. The molecule has 2 aromatic rings. The van der Waals surface area contributed by atoms with Crippen molar-refractivity contribution in [3.05, 3.63) is 65.2 Å². The molecule has 6 heteroatoms. The Morgan fingerprint density at radius 2 is 1.74 bits per heavy atom. The van der Waals surface area contributed by atoms with E-state index in [0.29, 0.717) is 6.54 Å². The number of piperazine rings is 1. The smallest absolute Gasteiger partial charge is 0.245 e. The van der Waals surface area contributed by atoms with Crippen molar-refractivity contribution in [1.29, 1.82) is 0 Å². The Morgan fingerprint density at radius 3 is 2.43 bits per heavy atom. The maximum absolute atomic E-state index is 13.1. The summed E-state index contributed by atoms with van der Waals surface area (Å²) < 4.78 is 27.9. The maximum Gasteiger partial charge on any atom is 0.245 e. The molecule has 1 fully saturated rings.